The highest BCUT2D eigenvalue weighted by Crippen LogP contribution is 2.31. The second kappa shape index (κ2) is 11.8. The number of ether oxygens (including phenoxy) is 3. The molecule has 1 aliphatic rings. The van der Waals surface area contributed by atoms with Gasteiger partial charge in [0, 0.05) is 35.5 Å². The molecular weight excluding hydrogens is 572 g/mol. The Morgan fingerprint density at radius 1 is 1.12 bits per heavy atom. The van der Waals surface area contributed by atoms with Crippen molar-refractivity contribution in [1.82, 2.24) is 14.1 Å². The predicted octanol–water partition coefficient (Wildman–Crippen LogP) is 2.91. The number of esters is 1. The van der Waals surface area contributed by atoms with Gasteiger partial charge in [0.1, 0.15) is 10.8 Å². The van der Waals surface area contributed by atoms with Crippen molar-refractivity contribution in [2.24, 2.45) is 0 Å². The van der Waals surface area contributed by atoms with Crippen LogP contribution in [-0.4, -0.2) is 74.4 Å². The predicted molar refractivity (Wildman–Crippen MR) is 152 cm³/mol. The van der Waals surface area contributed by atoms with E-state index in [1.54, 1.807) is 36.6 Å². The quantitative estimate of drug-likeness (QED) is 0.303. The second-order valence-electron chi connectivity index (χ2n) is 8.84. The molecule has 5 rings (SSSR count). The van der Waals surface area contributed by atoms with Crippen molar-refractivity contribution in [2.45, 2.75) is 11.8 Å². The highest BCUT2D eigenvalue weighted by molar-refractivity contribution is 7.89. The molecule has 2 aromatic carbocycles. The first-order valence-electron chi connectivity index (χ1n) is 12.6. The number of thiophene rings is 1. The van der Waals surface area contributed by atoms with Gasteiger partial charge in [-0.3, -0.25) is 9.59 Å². The first kappa shape index (κ1) is 28.4. The van der Waals surface area contributed by atoms with Gasteiger partial charge in [0.2, 0.25) is 10.0 Å². The zero-order valence-corrected chi connectivity index (χ0v) is 23.8. The maximum absolute atomic E-state index is 13.6. The lowest BCUT2D eigenvalue weighted by atomic mass is 10.2. The molecule has 0 spiro atoms. The average molecular weight is 599 g/mol. The number of rotatable bonds is 8. The van der Waals surface area contributed by atoms with Crippen LogP contribution in [0.1, 0.15) is 27.8 Å². The molecule has 41 heavy (non-hydrogen) atoms. The van der Waals surface area contributed by atoms with Gasteiger partial charge in [0.05, 0.1) is 42.9 Å². The number of nitrogens with zero attached hydrogens (tertiary/aromatic N) is 3. The third-order valence-electron chi connectivity index (χ3n) is 6.37. The average Bonchev–Trinajstić information content (AvgIpc) is 3.42. The fraction of sp³-hybridized carbons (Fsp3) is 0.259. The third-order valence-corrected chi connectivity index (χ3v) is 9.18. The molecule has 0 atom stereocenters. The lowest BCUT2D eigenvalue weighted by Crippen LogP contribution is -2.40. The lowest BCUT2D eigenvalue weighted by Gasteiger charge is -2.26. The molecular formula is C27H26N4O8S2. The number of morpholine rings is 1. The first-order valence-corrected chi connectivity index (χ1v) is 14.9. The number of carbonyl (C=O) groups excluding carboxylic acids is 2. The highest BCUT2D eigenvalue weighted by Gasteiger charge is 2.27. The molecule has 214 valence electrons. The molecule has 1 N–H and O–H groups in total. The molecule has 2 aromatic heterocycles. The molecule has 1 amide bonds. The summed E-state index contributed by atoms with van der Waals surface area (Å²) in [5.74, 6) is -0.806. The molecule has 0 radical (unpaired) electrons. The monoisotopic (exact) mass is 598 g/mol. The van der Waals surface area contributed by atoms with Gasteiger partial charge >= 0.3 is 5.97 Å². The van der Waals surface area contributed by atoms with Crippen molar-refractivity contribution in [2.75, 3.05) is 45.3 Å². The normalized spacial score (nSPS) is 14.1. The fourth-order valence-electron chi connectivity index (χ4n) is 4.30. The van der Waals surface area contributed by atoms with Crippen LogP contribution in [0, 0.1) is 0 Å². The van der Waals surface area contributed by atoms with Crippen molar-refractivity contribution in [3.8, 4) is 11.4 Å². The van der Waals surface area contributed by atoms with Crippen LogP contribution in [0.5, 0.6) is 5.75 Å². The summed E-state index contributed by atoms with van der Waals surface area (Å²) in [5, 5.41) is 9.08. The summed E-state index contributed by atoms with van der Waals surface area (Å²) >= 11 is 1.06. The Hall–Kier alpha value is -4.11. The minimum absolute atomic E-state index is 0.0591. The molecule has 1 aliphatic heterocycles. The van der Waals surface area contributed by atoms with Crippen LogP contribution < -0.4 is 15.6 Å². The van der Waals surface area contributed by atoms with Crippen molar-refractivity contribution in [1.29, 1.82) is 0 Å². The van der Waals surface area contributed by atoms with Crippen LogP contribution >= 0.6 is 11.3 Å². The number of amides is 1. The molecule has 0 bridgehead atoms. The summed E-state index contributed by atoms with van der Waals surface area (Å²) in [7, 11) is -2.24. The topological polar surface area (TPSA) is 146 Å². The Balaban J connectivity index is 1.50. The number of carbonyl (C=O) groups is 2. The van der Waals surface area contributed by atoms with Crippen molar-refractivity contribution < 1.29 is 32.2 Å². The van der Waals surface area contributed by atoms with E-state index < -0.39 is 27.5 Å². The van der Waals surface area contributed by atoms with Gasteiger partial charge in [-0.2, -0.15) is 14.1 Å². The van der Waals surface area contributed by atoms with Crippen LogP contribution in [0.15, 0.2) is 63.6 Å². The summed E-state index contributed by atoms with van der Waals surface area (Å²) in [6.45, 7) is 2.91. The van der Waals surface area contributed by atoms with Crippen molar-refractivity contribution >= 4 is 49.0 Å². The van der Waals surface area contributed by atoms with Gasteiger partial charge in [-0.1, -0.05) is 6.07 Å². The minimum atomic E-state index is -3.72. The van der Waals surface area contributed by atoms with E-state index in [4.69, 9.17) is 14.2 Å². The Kier molecular flexibility index (Phi) is 8.17. The summed E-state index contributed by atoms with van der Waals surface area (Å²) in [6.07, 6.45) is 0. The molecule has 4 aromatic rings. The van der Waals surface area contributed by atoms with E-state index in [-0.39, 0.29) is 51.6 Å². The first-order chi connectivity index (χ1) is 19.7. The van der Waals surface area contributed by atoms with Crippen LogP contribution in [-0.2, 0) is 19.5 Å². The van der Waals surface area contributed by atoms with Crippen molar-refractivity contribution in [3.63, 3.8) is 0 Å². The van der Waals surface area contributed by atoms with Crippen molar-refractivity contribution in [3.05, 3.63) is 75.5 Å². The van der Waals surface area contributed by atoms with E-state index in [9.17, 15) is 22.8 Å². The Labute approximate surface area is 239 Å². The smallest absolute Gasteiger partial charge is 0.359 e. The second-order valence-corrected chi connectivity index (χ2v) is 11.7. The SMILES string of the molecule is CCOC(=O)c1nn(-c2cccc(OC)c2)c(=O)c2c(NC(=O)c3ccc(S(=O)(=O)N4CCOCC4)cc3)scc12. The lowest BCUT2D eigenvalue weighted by molar-refractivity contribution is 0.0519. The number of methoxy groups -OCH3 is 1. The van der Waals surface area contributed by atoms with Gasteiger partial charge in [-0.05, 0) is 43.3 Å². The summed E-state index contributed by atoms with van der Waals surface area (Å²) in [6, 6.07) is 12.1. The summed E-state index contributed by atoms with van der Waals surface area (Å²) in [4.78, 5) is 39.7. The van der Waals surface area contributed by atoms with Gasteiger partial charge in [0.25, 0.3) is 11.5 Å². The Bertz CT molecular complexity index is 1780. The molecule has 0 aliphatic carbocycles. The zero-order chi connectivity index (χ0) is 29.1. The van der Waals surface area contributed by atoms with Gasteiger partial charge in [0.15, 0.2) is 5.69 Å². The molecule has 1 saturated heterocycles. The minimum Gasteiger partial charge on any atom is -0.497 e. The fourth-order valence-corrected chi connectivity index (χ4v) is 6.64. The summed E-state index contributed by atoms with van der Waals surface area (Å²) in [5.41, 5.74) is -0.119. The number of anilines is 1. The largest absolute Gasteiger partial charge is 0.497 e. The molecule has 1 fully saturated rings. The van der Waals surface area contributed by atoms with E-state index in [0.29, 0.717) is 24.7 Å². The van der Waals surface area contributed by atoms with Crippen LogP contribution in [0.2, 0.25) is 0 Å². The Morgan fingerprint density at radius 3 is 2.54 bits per heavy atom. The number of hydrogen-bond acceptors (Lipinski definition) is 10. The third kappa shape index (κ3) is 5.59. The van der Waals surface area contributed by atoms with Crippen LogP contribution in [0.4, 0.5) is 5.00 Å². The molecule has 14 heteroatoms. The molecule has 0 saturated carbocycles. The standard InChI is InChI=1S/C27H26N4O8S2/c1-3-39-27(34)23-21-16-40-25(22(21)26(33)31(29-23)18-5-4-6-19(15-18)37-2)28-24(32)17-7-9-20(10-8-17)41(35,36)30-11-13-38-14-12-30/h4-10,15-16H,3,11-14H2,1-2H3,(H,28,32). The van der Waals surface area contributed by atoms with Crippen LogP contribution in [0.3, 0.4) is 0 Å². The van der Waals surface area contributed by atoms with E-state index in [0.717, 1.165) is 16.0 Å². The number of fused-ring (bicyclic) bond motifs is 1. The van der Waals surface area contributed by atoms with E-state index in [1.165, 1.54) is 35.7 Å². The number of hydrogen-bond donors (Lipinski definition) is 1. The van der Waals surface area contributed by atoms with E-state index in [1.807, 2.05) is 0 Å². The van der Waals surface area contributed by atoms with Gasteiger partial charge in [-0.15, -0.1) is 11.3 Å². The number of nitrogens with one attached hydrogen (secondary N) is 1. The maximum atomic E-state index is 13.6. The number of aromatic nitrogens is 2. The van der Waals surface area contributed by atoms with Gasteiger partial charge in [-0.25, -0.2) is 13.2 Å². The maximum Gasteiger partial charge on any atom is 0.359 e. The highest BCUT2D eigenvalue weighted by atomic mass is 32.2. The van der Waals surface area contributed by atoms with Gasteiger partial charge < -0.3 is 19.5 Å². The molecule has 12 nitrogen and oxygen atoms in total. The summed E-state index contributed by atoms with van der Waals surface area (Å²) < 4.78 is 43.9. The number of benzene rings is 2. The molecule has 0 unspecified atom stereocenters. The van der Waals surface area contributed by atoms with Crippen LogP contribution in [0.25, 0.3) is 16.5 Å². The number of sulfonamides is 1. The van der Waals surface area contributed by atoms with E-state index >= 15 is 0 Å². The Morgan fingerprint density at radius 2 is 1.85 bits per heavy atom. The molecule has 3 heterocycles. The zero-order valence-electron chi connectivity index (χ0n) is 22.2. The van der Waals surface area contributed by atoms with E-state index in [2.05, 4.69) is 10.4 Å².